The standard InChI is InChI=1S/C6H8O2S/c1-9-4-5-2-3-8-6(5)7/h4H,2-3H2,1H3/b5-4+. The SMILES string of the molecule is CS/C=C1\CCOC1=O. The smallest absolute Gasteiger partial charge is 0.334 e. The van der Waals surface area contributed by atoms with Crippen LogP contribution in [0.2, 0.25) is 0 Å². The second kappa shape index (κ2) is 2.92. The molecule has 0 N–H and O–H groups in total. The fourth-order valence-electron chi connectivity index (χ4n) is 0.698. The zero-order chi connectivity index (χ0) is 6.69. The summed E-state index contributed by atoms with van der Waals surface area (Å²) in [6.07, 6.45) is 2.71. The minimum atomic E-state index is -0.149. The van der Waals surface area contributed by atoms with Crippen LogP contribution in [0.15, 0.2) is 11.0 Å². The second-order valence-corrected chi connectivity index (χ2v) is 2.47. The molecule has 1 rings (SSSR count). The third-order valence-corrected chi connectivity index (χ3v) is 1.65. The number of hydrogen-bond acceptors (Lipinski definition) is 3. The van der Waals surface area contributed by atoms with Crippen LogP contribution in [0.1, 0.15) is 6.42 Å². The van der Waals surface area contributed by atoms with E-state index in [-0.39, 0.29) is 5.97 Å². The molecule has 2 nitrogen and oxygen atoms in total. The van der Waals surface area contributed by atoms with Crippen molar-refractivity contribution in [1.82, 2.24) is 0 Å². The van der Waals surface area contributed by atoms with Crippen LogP contribution in [0, 0.1) is 0 Å². The molecule has 0 atom stereocenters. The number of rotatable bonds is 1. The zero-order valence-corrected chi connectivity index (χ0v) is 6.03. The van der Waals surface area contributed by atoms with E-state index in [1.54, 1.807) is 0 Å². The van der Waals surface area contributed by atoms with Crippen LogP contribution >= 0.6 is 11.8 Å². The van der Waals surface area contributed by atoms with Crippen LogP contribution in [0.4, 0.5) is 0 Å². The molecule has 0 spiro atoms. The van der Waals surface area contributed by atoms with Gasteiger partial charge in [-0.3, -0.25) is 0 Å². The summed E-state index contributed by atoms with van der Waals surface area (Å²) in [4.78, 5) is 10.7. The lowest BCUT2D eigenvalue weighted by Gasteiger charge is -1.86. The summed E-state index contributed by atoms with van der Waals surface area (Å²) < 4.78 is 4.70. The Kier molecular flexibility index (Phi) is 2.16. The molecule has 0 saturated carbocycles. The van der Waals surface area contributed by atoms with Crippen molar-refractivity contribution in [3.63, 3.8) is 0 Å². The molecule has 0 bridgehead atoms. The van der Waals surface area contributed by atoms with E-state index < -0.39 is 0 Å². The molecule has 0 unspecified atom stereocenters. The first-order valence-electron chi connectivity index (χ1n) is 2.73. The van der Waals surface area contributed by atoms with Gasteiger partial charge in [-0.05, 0) is 11.7 Å². The first-order valence-corrected chi connectivity index (χ1v) is 4.02. The predicted octanol–water partition coefficient (Wildman–Crippen LogP) is 1.18. The molecule has 1 heterocycles. The van der Waals surface area contributed by atoms with E-state index in [4.69, 9.17) is 4.74 Å². The molecule has 1 aliphatic heterocycles. The van der Waals surface area contributed by atoms with E-state index in [1.165, 1.54) is 11.8 Å². The van der Waals surface area contributed by atoms with E-state index in [1.807, 2.05) is 11.7 Å². The maximum Gasteiger partial charge on any atom is 0.334 e. The monoisotopic (exact) mass is 144 g/mol. The molecule has 0 radical (unpaired) electrons. The Labute approximate surface area is 58.3 Å². The fraction of sp³-hybridized carbons (Fsp3) is 0.500. The molecule has 0 aromatic rings. The van der Waals surface area contributed by atoms with Crippen molar-refractivity contribution in [3.05, 3.63) is 11.0 Å². The van der Waals surface area contributed by atoms with Gasteiger partial charge < -0.3 is 4.74 Å². The lowest BCUT2D eigenvalue weighted by atomic mass is 10.3. The molecule has 1 aliphatic rings. The second-order valence-electron chi connectivity index (χ2n) is 1.76. The Bertz CT molecular complexity index is 151. The van der Waals surface area contributed by atoms with E-state index >= 15 is 0 Å². The minimum absolute atomic E-state index is 0.149. The highest BCUT2D eigenvalue weighted by Gasteiger charge is 2.17. The van der Waals surface area contributed by atoms with Crippen molar-refractivity contribution in [2.45, 2.75) is 6.42 Å². The maximum absolute atomic E-state index is 10.7. The van der Waals surface area contributed by atoms with Crippen molar-refractivity contribution in [2.24, 2.45) is 0 Å². The highest BCUT2D eigenvalue weighted by atomic mass is 32.2. The Hall–Kier alpha value is -0.440. The average molecular weight is 144 g/mol. The lowest BCUT2D eigenvalue weighted by molar-refractivity contribution is -0.135. The third kappa shape index (κ3) is 1.48. The Morgan fingerprint density at radius 1 is 1.78 bits per heavy atom. The molecule has 0 aromatic carbocycles. The van der Waals surface area contributed by atoms with Gasteiger partial charge >= 0.3 is 5.97 Å². The third-order valence-electron chi connectivity index (χ3n) is 1.13. The van der Waals surface area contributed by atoms with E-state index in [2.05, 4.69) is 0 Å². The normalized spacial score (nSPS) is 22.8. The molecule has 0 aliphatic carbocycles. The van der Waals surface area contributed by atoms with Crippen LogP contribution < -0.4 is 0 Å². The summed E-state index contributed by atoms with van der Waals surface area (Å²) in [7, 11) is 0. The number of ether oxygens (including phenoxy) is 1. The molecule has 50 valence electrons. The van der Waals surface area contributed by atoms with Gasteiger partial charge in [-0.2, -0.15) is 0 Å². The molecule has 1 fully saturated rings. The number of hydrogen-bond donors (Lipinski definition) is 0. The van der Waals surface area contributed by atoms with Crippen molar-refractivity contribution in [1.29, 1.82) is 0 Å². The zero-order valence-electron chi connectivity index (χ0n) is 5.22. The number of thioether (sulfide) groups is 1. The quantitative estimate of drug-likeness (QED) is 0.408. The Balaban J connectivity index is 2.59. The number of esters is 1. The van der Waals surface area contributed by atoms with Crippen molar-refractivity contribution in [2.75, 3.05) is 12.9 Å². The molecular weight excluding hydrogens is 136 g/mol. The van der Waals surface area contributed by atoms with Gasteiger partial charge in [-0.15, -0.1) is 11.8 Å². The maximum atomic E-state index is 10.7. The van der Waals surface area contributed by atoms with E-state index in [0.717, 1.165) is 12.0 Å². The van der Waals surface area contributed by atoms with Gasteiger partial charge in [0.05, 0.1) is 6.61 Å². The summed E-state index contributed by atoms with van der Waals surface area (Å²) in [5.41, 5.74) is 0.808. The highest BCUT2D eigenvalue weighted by Crippen LogP contribution is 2.15. The Morgan fingerprint density at radius 3 is 3.00 bits per heavy atom. The number of cyclic esters (lactones) is 1. The first-order chi connectivity index (χ1) is 4.34. The summed E-state index contributed by atoms with van der Waals surface area (Å²) in [5, 5.41) is 1.84. The van der Waals surface area contributed by atoms with Gasteiger partial charge in [0.2, 0.25) is 0 Å². The lowest BCUT2D eigenvalue weighted by Crippen LogP contribution is -1.93. The summed E-state index contributed by atoms with van der Waals surface area (Å²) in [6, 6.07) is 0. The van der Waals surface area contributed by atoms with Gasteiger partial charge in [0, 0.05) is 12.0 Å². The molecule has 0 aromatic heterocycles. The molecule has 0 amide bonds. The minimum Gasteiger partial charge on any atom is -0.462 e. The summed E-state index contributed by atoms with van der Waals surface area (Å²) in [5.74, 6) is -0.149. The Morgan fingerprint density at radius 2 is 2.56 bits per heavy atom. The summed E-state index contributed by atoms with van der Waals surface area (Å²) in [6.45, 7) is 0.561. The highest BCUT2D eigenvalue weighted by molar-refractivity contribution is 8.01. The van der Waals surface area contributed by atoms with Gasteiger partial charge in [0.15, 0.2) is 0 Å². The predicted molar refractivity (Wildman–Crippen MR) is 37.2 cm³/mol. The van der Waals surface area contributed by atoms with Crippen molar-refractivity contribution in [3.8, 4) is 0 Å². The van der Waals surface area contributed by atoms with Crippen molar-refractivity contribution < 1.29 is 9.53 Å². The number of carbonyl (C=O) groups excluding carboxylic acids is 1. The van der Waals surface area contributed by atoms with E-state index in [0.29, 0.717) is 6.61 Å². The topological polar surface area (TPSA) is 26.3 Å². The van der Waals surface area contributed by atoms with Crippen LogP contribution in [0.25, 0.3) is 0 Å². The van der Waals surface area contributed by atoms with Crippen LogP contribution in [0.5, 0.6) is 0 Å². The van der Waals surface area contributed by atoms with Crippen molar-refractivity contribution >= 4 is 17.7 Å². The van der Waals surface area contributed by atoms with Crippen LogP contribution in [-0.2, 0) is 9.53 Å². The number of carbonyl (C=O) groups is 1. The average Bonchev–Trinajstić information content (AvgIpc) is 2.18. The molecule has 1 saturated heterocycles. The van der Waals surface area contributed by atoms with Gasteiger partial charge in [-0.25, -0.2) is 4.79 Å². The molecule has 9 heavy (non-hydrogen) atoms. The first kappa shape index (κ1) is 6.68. The van der Waals surface area contributed by atoms with Crippen LogP contribution in [-0.4, -0.2) is 18.8 Å². The van der Waals surface area contributed by atoms with E-state index in [9.17, 15) is 4.79 Å². The molecule has 3 heteroatoms. The van der Waals surface area contributed by atoms with Gasteiger partial charge in [0.1, 0.15) is 0 Å². The van der Waals surface area contributed by atoms with Gasteiger partial charge in [-0.1, -0.05) is 0 Å². The largest absolute Gasteiger partial charge is 0.462 e. The molecular formula is C6H8O2S. The van der Waals surface area contributed by atoms with Gasteiger partial charge in [0.25, 0.3) is 0 Å². The summed E-state index contributed by atoms with van der Waals surface area (Å²) >= 11 is 1.54. The fourth-order valence-corrected chi connectivity index (χ4v) is 1.20. The van der Waals surface area contributed by atoms with Crippen LogP contribution in [0.3, 0.4) is 0 Å².